The maximum Gasteiger partial charge on any atom is 0.211 e. The summed E-state index contributed by atoms with van der Waals surface area (Å²) in [6.07, 6.45) is 0. The summed E-state index contributed by atoms with van der Waals surface area (Å²) < 4.78 is 18.2. The van der Waals surface area contributed by atoms with Crippen LogP contribution < -0.4 is 0 Å². The van der Waals surface area contributed by atoms with E-state index >= 15 is 0 Å². The van der Waals surface area contributed by atoms with Crippen LogP contribution in [-0.4, -0.2) is 36.5 Å². The van der Waals surface area contributed by atoms with Crippen LogP contribution in [0.3, 0.4) is 0 Å². The van der Waals surface area contributed by atoms with Crippen molar-refractivity contribution < 1.29 is 0 Å². The Balaban J connectivity index is 0.0000000967. The Kier molecular flexibility index (Phi) is 15.8. The molecule has 24 aromatic rings. The molecule has 0 N–H and O–H groups in total. The molecule has 24 rings (SSSR count). The summed E-state index contributed by atoms with van der Waals surface area (Å²) in [7, 11) is 8.51. The average molecular weight is 1490 g/mol. The van der Waals surface area contributed by atoms with Crippen molar-refractivity contribution in [3.05, 3.63) is 373 Å². The summed E-state index contributed by atoms with van der Waals surface area (Å²) in [4.78, 5) is 7.57. The van der Waals surface area contributed by atoms with Crippen LogP contribution in [0.25, 0.3) is 207 Å². The predicted octanol–water partition coefficient (Wildman–Crippen LogP) is 27.3. The molecule has 0 aliphatic heterocycles. The van der Waals surface area contributed by atoms with Gasteiger partial charge in [-0.1, -0.05) is 218 Å². The van der Waals surface area contributed by atoms with Crippen LogP contribution in [0.5, 0.6) is 0 Å². The third kappa shape index (κ3) is 10.4. The van der Waals surface area contributed by atoms with Gasteiger partial charge in [-0.25, -0.2) is 9.69 Å². The summed E-state index contributed by atoms with van der Waals surface area (Å²) in [5.41, 5.74) is 27.6. The number of hydrogen-bond acceptors (Lipinski definition) is 1. The number of benzene rings is 16. The van der Waals surface area contributed by atoms with Crippen molar-refractivity contribution in [2.75, 3.05) is 0 Å². The molecule has 0 unspecified atom stereocenters. The van der Waals surface area contributed by atoms with Crippen LogP contribution in [0, 0.1) is 38.3 Å². The molecule has 0 aliphatic rings. The Bertz CT molecular complexity index is 8340. The number of hydrogen-bond donors (Lipinski definition) is 0. The molecule has 0 atom stereocenters. The largest absolute Gasteiger partial charge is 0.344 e. The smallest absolute Gasteiger partial charge is 0.211 e. The van der Waals surface area contributed by atoms with Crippen molar-refractivity contribution in [2.24, 2.45) is 28.2 Å². The van der Waals surface area contributed by atoms with Gasteiger partial charge in [-0.3, -0.25) is 0 Å². The van der Waals surface area contributed by atoms with E-state index in [1.54, 1.807) is 0 Å². The fraction of sp³-hybridized carbons (Fsp3) is 0.0571. The minimum Gasteiger partial charge on any atom is -0.344 e. The normalized spacial score (nSPS) is 11.7. The van der Waals surface area contributed by atoms with E-state index in [4.69, 9.17) is 13.1 Å². The van der Waals surface area contributed by atoms with Gasteiger partial charge in [0.05, 0.1) is 79.4 Å². The number of aromatic nitrogens is 8. The topological polar surface area (TPSA) is 71.9 Å². The lowest BCUT2D eigenvalue weighted by Gasteiger charge is -2.11. The van der Waals surface area contributed by atoms with Crippen molar-refractivity contribution in [3.63, 3.8) is 0 Å². The molecule has 0 radical (unpaired) electrons. The van der Waals surface area contributed by atoms with Gasteiger partial charge in [0.2, 0.25) is 5.69 Å². The van der Waals surface area contributed by atoms with Crippen LogP contribution in [0.1, 0.15) is 16.7 Å². The molecule has 11 heteroatoms. The highest BCUT2D eigenvalue weighted by molar-refractivity contribution is 6.19. The molecule has 116 heavy (non-hydrogen) atoms. The molecule has 0 fully saturated rings. The van der Waals surface area contributed by atoms with Crippen molar-refractivity contribution >= 4 is 186 Å². The van der Waals surface area contributed by atoms with E-state index in [9.17, 15) is 5.26 Å². The van der Waals surface area contributed by atoms with E-state index in [0.717, 1.165) is 60.5 Å². The van der Waals surface area contributed by atoms with Crippen LogP contribution >= 0.6 is 0 Å². The molecule has 0 saturated heterocycles. The van der Waals surface area contributed by atoms with Crippen molar-refractivity contribution in [3.8, 4) is 28.8 Å². The Morgan fingerprint density at radius 1 is 0.233 bits per heavy atom. The second-order valence-electron chi connectivity index (χ2n) is 30.4. The van der Waals surface area contributed by atoms with E-state index in [1.807, 2.05) is 54.6 Å². The number of fused-ring (bicyclic) bond motifs is 24. The number of nitriles is 1. The Morgan fingerprint density at radius 3 is 1.00 bits per heavy atom. The lowest BCUT2D eigenvalue weighted by atomic mass is 10.1. The molecule has 8 aromatic heterocycles. The summed E-state index contributed by atoms with van der Waals surface area (Å²) in [5.74, 6) is 0. The standard InChI is InChI=1S/C27H16N4.C26H17N3.2C26H20N2/c1-29-23-11-6-10-22-21-9-5-7-17(16-28)26(21)31(27(22)23)18-13-14-20-19-8-3-4-12-24(19)30(2)25(20)15-18;1-27-21-10-7-13-24-26(21)20-9-4-6-12-23(20)29(24)17-14-15-19-18-8-3-5-11-22(18)28(2)25(19)16-17;1-17-11-14-25-22(15-17)20-8-4-6-10-24(20)28(25)18-12-13-21-19-7-3-5-9-23(19)27(2)26(21)16-18;1-17-11-13-22-20-8-4-6-10-24(20)28(26(22)15-17)18-12-14-21-19-7-3-5-9-23(19)27(2)25(21)16-18/h3-15H,2H3;3-16H,2H3;2*3-16H,1-2H3. The van der Waals surface area contributed by atoms with Gasteiger partial charge in [0.15, 0.2) is 5.69 Å². The maximum atomic E-state index is 9.84. The van der Waals surface area contributed by atoms with Gasteiger partial charge in [0.1, 0.15) is 6.07 Å². The summed E-state index contributed by atoms with van der Waals surface area (Å²) >= 11 is 0. The van der Waals surface area contributed by atoms with E-state index < -0.39 is 0 Å². The molecule has 0 aliphatic carbocycles. The summed E-state index contributed by atoms with van der Waals surface area (Å²) in [6.45, 7) is 19.7. The number of rotatable bonds is 4. The molecule has 0 saturated carbocycles. The van der Waals surface area contributed by atoms with Gasteiger partial charge in [0.25, 0.3) is 0 Å². The predicted molar refractivity (Wildman–Crippen MR) is 486 cm³/mol. The molecule has 0 bridgehead atoms. The first kappa shape index (κ1) is 68.4. The van der Waals surface area contributed by atoms with Crippen molar-refractivity contribution in [1.29, 1.82) is 5.26 Å². The Morgan fingerprint density at radius 2 is 0.534 bits per heavy atom. The lowest BCUT2D eigenvalue weighted by Crippen LogP contribution is -1.97. The number of nitrogens with zero attached hydrogens (tertiary/aromatic N) is 11. The second kappa shape index (κ2) is 26.8. The monoisotopic (exact) mass is 1490 g/mol. The number of para-hydroxylation sites is 9. The first-order chi connectivity index (χ1) is 56.9. The van der Waals surface area contributed by atoms with Crippen molar-refractivity contribution in [1.82, 2.24) is 36.5 Å². The molecule has 0 amide bonds. The Hall–Kier alpha value is -15.6. The molecule has 16 aromatic carbocycles. The van der Waals surface area contributed by atoms with E-state index in [2.05, 4.69) is 373 Å². The highest BCUT2D eigenvalue weighted by atomic mass is 15.0. The van der Waals surface area contributed by atoms with E-state index in [-0.39, 0.29) is 0 Å². The quantitative estimate of drug-likeness (QED) is 0.162. The molecular formula is C105H73N11. The van der Waals surface area contributed by atoms with Gasteiger partial charge in [-0.05, 0) is 152 Å². The van der Waals surface area contributed by atoms with E-state index in [0.29, 0.717) is 16.9 Å². The second-order valence-corrected chi connectivity index (χ2v) is 30.4. The SMILES string of the molecule is Cc1ccc2c(c1)c1ccccc1n2-c1ccc2c3ccccc3n(C)c2c1.Cc1ccc2c3ccccc3n(-c3ccc4c5ccccc5n(C)c4c3)c2c1.[C-]#[N+]c1cccc2c1c1ccccc1n2-c1ccc2c3ccccc3n(C)c2c1.[C-]#[N+]c1cccc2c3cccc(C#N)c3n(-c3ccc4c5ccccc5n(C)c4c3)c12. The molecule has 548 valence electrons. The van der Waals surface area contributed by atoms with Crippen LogP contribution in [-0.2, 0) is 28.2 Å². The van der Waals surface area contributed by atoms with Gasteiger partial charge in [0, 0.05) is 154 Å². The third-order valence-corrected chi connectivity index (χ3v) is 24.1. The van der Waals surface area contributed by atoms with Gasteiger partial charge in [-0.2, -0.15) is 5.26 Å². The third-order valence-electron chi connectivity index (χ3n) is 24.1. The average Bonchev–Trinajstić information content (AvgIpc) is 1.58. The van der Waals surface area contributed by atoms with Crippen LogP contribution in [0.15, 0.2) is 334 Å². The first-order valence-electron chi connectivity index (χ1n) is 39.1. The minimum absolute atomic E-state index is 0.578. The van der Waals surface area contributed by atoms with Gasteiger partial charge < -0.3 is 36.5 Å². The summed E-state index contributed by atoms with van der Waals surface area (Å²) in [5, 5.41) is 29.3. The highest BCUT2D eigenvalue weighted by Crippen LogP contribution is 2.44. The summed E-state index contributed by atoms with van der Waals surface area (Å²) in [6, 6.07) is 120. The highest BCUT2D eigenvalue weighted by Gasteiger charge is 2.23. The zero-order valence-electron chi connectivity index (χ0n) is 64.7. The minimum atomic E-state index is 0.578. The first-order valence-corrected chi connectivity index (χ1v) is 39.1. The van der Waals surface area contributed by atoms with Gasteiger partial charge >= 0.3 is 0 Å². The Labute approximate surface area is 667 Å². The lowest BCUT2D eigenvalue weighted by molar-refractivity contribution is 1.01. The molecule has 11 nitrogen and oxygen atoms in total. The van der Waals surface area contributed by atoms with Crippen LogP contribution in [0.4, 0.5) is 11.4 Å². The fourth-order valence-corrected chi connectivity index (χ4v) is 18.8. The maximum absolute atomic E-state index is 9.84. The van der Waals surface area contributed by atoms with Crippen LogP contribution in [0.2, 0.25) is 0 Å². The zero-order chi connectivity index (χ0) is 78.3. The van der Waals surface area contributed by atoms with E-state index in [1.165, 1.54) is 148 Å². The molecule has 8 heterocycles. The van der Waals surface area contributed by atoms with Gasteiger partial charge in [-0.15, -0.1) is 0 Å². The number of aryl methyl sites for hydroxylation is 6. The molecular weight excluding hydrogens is 1420 g/mol. The zero-order valence-corrected chi connectivity index (χ0v) is 64.7. The fourth-order valence-electron chi connectivity index (χ4n) is 18.8. The molecule has 0 spiro atoms. The van der Waals surface area contributed by atoms with Crippen molar-refractivity contribution in [2.45, 2.75) is 13.8 Å².